The quantitative estimate of drug-likeness (QED) is 0.602. The summed E-state index contributed by atoms with van der Waals surface area (Å²) in [7, 11) is -2.31. The Balaban J connectivity index is 2.58. The predicted octanol–water partition coefficient (Wildman–Crippen LogP) is 0.783. The maximum Gasteiger partial charge on any atom is 0.475 e. The average Bonchev–Trinajstić information content (AvgIpc) is 2.66. The zero-order valence-electron chi connectivity index (χ0n) is 14.5. The van der Waals surface area contributed by atoms with E-state index < -0.39 is 27.4 Å². The zero-order chi connectivity index (χ0) is 17.4. The Morgan fingerprint density at radius 3 is 1.50 bits per heavy atom. The van der Waals surface area contributed by atoms with Gasteiger partial charge in [0.1, 0.15) is 0 Å². The van der Waals surface area contributed by atoms with Crippen molar-refractivity contribution in [3.8, 4) is 0 Å². The zero-order valence-corrected chi connectivity index (χ0v) is 17.8. The molecule has 0 aliphatic rings. The van der Waals surface area contributed by atoms with E-state index in [9.17, 15) is 0 Å². The van der Waals surface area contributed by atoms with Crippen LogP contribution in [0.15, 0.2) is 60.7 Å². The summed E-state index contributed by atoms with van der Waals surface area (Å²) in [5, 5.41) is 2.03. The first-order valence-electron chi connectivity index (χ1n) is 7.71. The molecular weight excluding hydrogens is 356 g/mol. The van der Waals surface area contributed by atoms with Crippen LogP contribution in [-0.4, -0.2) is 48.7 Å². The van der Waals surface area contributed by atoms with Crippen LogP contribution in [0.3, 0.4) is 0 Å². The third kappa shape index (κ3) is 4.49. The van der Waals surface area contributed by atoms with Crippen molar-refractivity contribution in [3.05, 3.63) is 60.7 Å². The first-order valence-corrected chi connectivity index (χ1v) is 13.0. The van der Waals surface area contributed by atoms with E-state index in [2.05, 4.69) is 0 Å². The van der Waals surface area contributed by atoms with Crippen molar-refractivity contribution < 1.29 is 21.5 Å². The highest BCUT2D eigenvalue weighted by molar-refractivity contribution is 6.97. The molecule has 2 aromatic carbocycles. The van der Waals surface area contributed by atoms with E-state index in [1.165, 1.54) is 0 Å². The van der Waals surface area contributed by atoms with Crippen LogP contribution in [0.4, 0.5) is 0 Å². The highest BCUT2D eigenvalue weighted by atomic mass is 28.5. The lowest BCUT2D eigenvalue weighted by Crippen LogP contribution is -2.67. The van der Waals surface area contributed by atoms with Crippen molar-refractivity contribution in [2.24, 2.45) is 0 Å². The van der Waals surface area contributed by atoms with Crippen LogP contribution in [0.1, 0.15) is 0 Å². The maximum atomic E-state index is 6.50. The molecule has 5 nitrogen and oxygen atoms in total. The molecule has 1 atom stereocenters. The van der Waals surface area contributed by atoms with Gasteiger partial charge < -0.3 is 21.5 Å². The van der Waals surface area contributed by atoms with Gasteiger partial charge in [-0.1, -0.05) is 60.7 Å². The molecule has 0 saturated carbocycles. The lowest BCUT2D eigenvalue weighted by atomic mass is 10.4. The summed E-state index contributed by atoms with van der Waals surface area (Å²) in [5.41, 5.74) is 0. The van der Waals surface area contributed by atoms with Gasteiger partial charge in [0.2, 0.25) is 0 Å². The predicted molar refractivity (Wildman–Crippen MR) is 101 cm³/mol. The lowest BCUT2D eigenvalue weighted by Gasteiger charge is -2.35. The summed E-state index contributed by atoms with van der Waals surface area (Å²) < 4.78 is 29.3. The molecular formula is C16H24O5Si3. The van der Waals surface area contributed by atoms with Crippen molar-refractivity contribution in [1.29, 1.82) is 0 Å². The monoisotopic (exact) mass is 380 g/mol. The third-order valence-corrected chi connectivity index (χ3v) is 12.0. The molecule has 2 rings (SSSR count). The summed E-state index contributed by atoms with van der Waals surface area (Å²) >= 11 is 0. The van der Waals surface area contributed by atoms with Gasteiger partial charge in [-0.2, -0.15) is 0 Å². The van der Waals surface area contributed by atoms with E-state index in [-0.39, 0.29) is 0 Å². The molecule has 0 spiro atoms. The molecule has 1 unspecified atom stereocenters. The molecule has 0 fully saturated rings. The molecule has 130 valence electrons. The SMILES string of the molecule is CO[SiH](C)O[Si](O[SiH](OC)OC)(c1ccccc1)c1ccccc1. The van der Waals surface area contributed by atoms with Gasteiger partial charge in [-0.3, -0.25) is 0 Å². The fourth-order valence-corrected chi connectivity index (χ4v) is 11.2. The van der Waals surface area contributed by atoms with Crippen molar-refractivity contribution in [3.63, 3.8) is 0 Å². The number of hydrogen-bond acceptors (Lipinski definition) is 5. The molecule has 0 radical (unpaired) electrons. The van der Waals surface area contributed by atoms with Crippen LogP contribution < -0.4 is 10.4 Å². The average molecular weight is 381 g/mol. The lowest BCUT2D eigenvalue weighted by molar-refractivity contribution is 0.185. The Morgan fingerprint density at radius 2 is 1.12 bits per heavy atom. The van der Waals surface area contributed by atoms with E-state index in [0.29, 0.717) is 0 Å². The summed E-state index contributed by atoms with van der Waals surface area (Å²) in [5.74, 6) is 0. The Kier molecular flexibility index (Phi) is 7.52. The number of benzene rings is 2. The standard InChI is InChI=1S/C16H24O5Si3/c1-17-22(4)20-24(21-23(18-2)19-3,15-11-7-5-8-12-15)16-13-9-6-10-14-16/h5-14,22-23H,1-4H3. The smallest absolute Gasteiger partial charge is 0.411 e. The van der Waals surface area contributed by atoms with Crippen molar-refractivity contribution in [2.45, 2.75) is 6.55 Å². The van der Waals surface area contributed by atoms with Crippen molar-refractivity contribution in [2.75, 3.05) is 21.3 Å². The van der Waals surface area contributed by atoms with E-state index in [4.69, 9.17) is 21.5 Å². The minimum atomic E-state index is -2.99. The normalized spacial score (nSPS) is 13.2. The summed E-state index contributed by atoms with van der Waals surface area (Å²) in [6, 6.07) is 20.0. The topological polar surface area (TPSA) is 46.2 Å². The van der Waals surface area contributed by atoms with Gasteiger partial charge in [0.25, 0.3) is 0 Å². The molecule has 24 heavy (non-hydrogen) atoms. The molecule has 0 saturated heterocycles. The van der Waals surface area contributed by atoms with E-state index >= 15 is 0 Å². The Bertz CT molecular complexity index is 556. The third-order valence-electron chi connectivity index (χ3n) is 3.62. The Morgan fingerprint density at radius 1 is 0.667 bits per heavy atom. The van der Waals surface area contributed by atoms with Gasteiger partial charge in [0.15, 0.2) is 0 Å². The van der Waals surface area contributed by atoms with Crippen molar-refractivity contribution >= 4 is 37.7 Å². The highest BCUT2D eigenvalue weighted by Gasteiger charge is 2.46. The number of rotatable bonds is 9. The minimum absolute atomic E-state index is 1.01. The van der Waals surface area contributed by atoms with Crippen molar-refractivity contribution in [1.82, 2.24) is 0 Å². The largest absolute Gasteiger partial charge is 0.475 e. The second-order valence-electron chi connectivity index (χ2n) is 5.15. The van der Waals surface area contributed by atoms with Gasteiger partial charge in [-0.25, -0.2) is 0 Å². The summed E-state index contributed by atoms with van der Waals surface area (Å²) in [6.07, 6.45) is 0. The second-order valence-corrected chi connectivity index (χ2v) is 12.5. The van der Waals surface area contributed by atoms with Gasteiger partial charge in [-0.15, -0.1) is 0 Å². The molecule has 0 bridgehead atoms. The molecule has 0 aromatic heterocycles. The Hall–Kier alpha value is -1.11. The Labute approximate surface area is 148 Å². The highest BCUT2D eigenvalue weighted by Crippen LogP contribution is 2.14. The van der Waals surface area contributed by atoms with Gasteiger partial charge in [-0.05, 0) is 16.9 Å². The van der Waals surface area contributed by atoms with E-state index in [1.807, 2.05) is 67.2 Å². The molecule has 0 N–H and O–H groups in total. The van der Waals surface area contributed by atoms with E-state index in [0.717, 1.165) is 10.4 Å². The molecule has 8 heteroatoms. The van der Waals surface area contributed by atoms with Crippen LogP contribution in [0.25, 0.3) is 0 Å². The molecule has 0 heterocycles. The van der Waals surface area contributed by atoms with Crippen LogP contribution in [0.5, 0.6) is 0 Å². The van der Waals surface area contributed by atoms with Crippen LogP contribution in [0.2, 0.25) is 6.55 Å². The molecule has 0 amide bonds. The molecule has 0 aliphatic carbocycles. The summed E-state index contributed by atoms with van der Waals surface area (Å²) in [6.45, 7) is 1.99. The van der Waals surface area contributed by atoms with Crippen LogP contribution >= 0.6 is 0 Å². The molecule has 2 aromatic rings. The minimum Gasteiger partial charge on any atom is -0.411 e. The van der Waals surface area contributed by atoms with E-state index in [1.54, 1.807) is 21.3 Å². The first kappa shape index (κ1) is 19.2. The molecule has 0 aliphatic heterocycles. The van der Waals surface area contributed by atoms with Gasteiger partial charge in [0.05, 0.1) is 0 Å². The van der Waals surface area contributed by atoms with Crippen LogP contribution in [-0.2, 0) is 21.5 Å². The summed E-state index contributed by atoms with van der Waals surface area (Å²) in [4.78, 5) is 0. The first-order chi connectivity index (χ1) is 11.7. The maximum absolute atomic E-state index is 6.50. The fourth-order valence-electron chi connectivity index (χ4n) is 2.39. The van der Waals surface area contributed by atoms with Gasteiger partial charge in [0, 0.05) is 21.3 Å². The fraction of sp³-hybridized carbons (Fsp3) is 0.250. The second kappa shape index (κ2) is 9.39. The van der Waals surface area contributed by atoms with Crippen LogP contribution in [0, 0.1) is 0 Å². The number of hydrogen-bond donors (Lipinski definition) is 0. The van der Waals surface area contributed by atoms with Gasteiger partial charge >= 0.3 is 27.4 Å².